The molecule has 0 bridgehead atoms. The molecule has 0 aliphatic carbocycles. The molecule has 0 aliphatic heterocycles. The van der Waals surface area contributed by atoms with Gasteiger partial charge in [-0.1, -0.05) is 18.2 Å². The van der Waals surface area contributed by atoms with E-state index in [2.05, 4.69) is 34.6 Å². The molecule has 0 radical (unpaired) electrons. The summed E-state index contributed by atoms with van der Waals surface area (Å²) in [7, 11) is 1.67. The summed E-state index contributed by atoms with van der Waals surface area (Å²) in [6, 6.07) is 18.3. The van der Waals surface area contributed by atoms with Gasteiger partial charge in [-0.05, 0) is 48.9 Å². The second-order valence-electron chi connectivity index (χ2n) is 5.02. The van der Waals surface area contributed by atoms with E-state index in [0.717, 1.165) is 29.2 Å². The highest BCUT2D eigenvalue weighted by Crippen LogP contribution is 2.20. The van der Waals surface area contributed by atoms with E-state index in [9.17, 15) is 0 Å². The fraction of sp³-hybridized carbons (Fsp3) is 0.167. The zero-order valence-electron chi connectivity index (χ0n) is 12.3. The number of anilines is 1. The molecule has 3 nitrogen and oxygen atoms in total. The van der Waals surface area contributed by atoms with E-state index in [1.54, 1.807) is 7.11 Å². The molecule has 2 aromatic carbocycles. The number of ether oxygens (including phenoxy) is 1. The summed E-state index contributed by atoms with van der Waals surface area (Å²) in [5.74, 6) is 0.866. The summed E-state index contributed by atoms with van der Waals surface area (Å²) in [4.78, 5) is 4.57. The monoisotopic (exact) mass is 278 g/mol. The molecule has 1 aromatic heterocycles. The van der Waals surface area contributed by atoms with Crippen LogP contribution in [0.2, 0.25) is 0 Å². The summed E-state index contributed by atoms with van der Waals surface area (Å²) < 4.78 is 5.17. The van der Waals surface area contributed by atoms with Crippen molar-refractivity contribution in [3.63, 3.8) is 0 Å². The van der Waals surface area contributed by atoms with Crippen molar-refractivity contribution in [1.29, 1.82) is 0 Å². The highest BCUT2D eigenvalue weighted by Gasteiger charge is 2.03. The van der Waals surface area contributed by atoms with Crippen molar-refractivity contribution < 1.29 is 4.74 Å². The molecule has 1 N–H and O–H groups in total. The number of methoxy groups -OCH3 is 1. The molecule has 3 aromatic rings. The minimum Gasteiger partial charge on any atom is -0.497 e. The number of para-hydroxylation sites is 1. The van der Waals surface area contributed by atoms with Crippen LogP contribution in [-0.4, -0.2) is 12.1 Å². The number of hydrogen-bond acceptors (Lipinski definition) is 3. The number of aryl methyl sites for hydroxylation is 1. The molecule has 0 fully saturated rings. The van der Waals surface area contributed by atoms with Crippen molar-refractivity contribution >= 4 is 16.6 Å². The Balaban J connectivity index is 1.84. The molecule has 0 spiro atoms. The van der Waals surface area contributed by atoms with Gasteiger partial charge in [0.15, 0.2) is 0 Å². The van der Waals surface area contributed by atoms with Crippen LogP contribution < -0.4 is 10.1 Å². The predicted molar refractivity (Wildman–Crippen MR) is 86.8 cm³/mol. The topological polar surface area (TPSA) is 34.1 Å². The van der Waals surface area contributed by atoms with Crippen LogP contribution in [0.15, 0.2) is 54.6 Å². The van der Waals surface area contributed by atoms with E-state index in [1.165, 1.54) is 10.9 Å². The van der Waals surface area contributed by atoms with Crippen molar-refractivity contribution in [1.82, 2.24) is 4.98 Å². The van der Waals surface area contributed by atoms with E-state index in [-0.39, 0.29) is 0 Å². The summed E-state index contributed by atoms with van der Waals surface area (Å²) in [5.41, 5.74) is 4.42. The molecule has 3 rings (SSSR count). The molecule has 3 heteroatoms. The third-order valence-electron chi connectivity index (χ3n) is 3.50. The van der Waals surface area contributed by atoms with Gasteiger partial charge >= 0.3 is 0 Å². The maximum absolute atomic E-state index is 5.17. The maximum Gasteiger partial charge on any atom is 0.119 e. The second-order valence-corrected chi connectivity index (χ2v) is 5.02. The molecular formula is C18H18N2O. The molecule has 106 valence electrons. The molecular weight excluding hydrogens is 260 g/mol. The first-order chi connectivity index (χ1) is 10.3. The number of nitrogens with one attached hydrogen (secondary N) is 1. The molecule has 0 amide bonds. The lowest BCUT2D eigenvalue weighted by atomic mass is 10.1. The highest BCUT2D eigenvalue weighted by molar-refractivity contribution is 5.82. The smallest absolute Gasteiger partial charge is 0.119 e. The van der Waals surface area contributed by atoms with Gasteiger partial charge in [0.2, 0.25) is 0 Å². The lowest BCUT2D eigenvalue weighted by Crippen LogP contribution is -2.01. The van der Waals surface area contributed by atoms with Gasteiger partial charge in [-0.3, -0.25) is 4.98 Å². The SMILES string of the molecule is COc1ccc(NCc2cc(C)nc3ccccc23)cc1. The van der Waals surface area contributed by atoms with Gasteiger partial charge in [-0.15, -0.1) is 0 Å². The van der Waals surface area contributed by atoms with Crippen LogP contribution in [0.5, 0.6) is 5.75 Å². The lowest BCUT2D eigenvalue weighted by molar-refractivity contribution is 0.415. The van der Waals surface area contributed by atoms with Gasteiger partial charge in [-0.25, -0.2) is 0 Å². The largest absolute Gasteiger partial charge is 0.497 e. The number of benzene rings is 2. The maximum atomic E-state index is 5.17. The highest BCUT2D eigenvalue weighted by atomic mass is 16.5. The number of pyridine rings is 1. The number of nitrogens with zero attached hydrogens (tertiary/aromatic N) is 1. The van der Waals surface area contributed by atoms with Crippen molar-refractivity contribution in [3.05, 3.63) is 65.9 Å². The molecule has 0 saturated carbocycles. The Labute approximate surface area is 124 Å². The minimum absolute atomic E-state index is 0.774. The van der Waals surface area contributed by atoms with Crippen LogP contribution in [0.3, 0.4) is 0 Å². The van der Waals surface area contributed by atoms with Crippen LogP contribution in [0, 0.1) is 6.92 Å². The predicted octanol–water partition coefficient (Wildman–Crippen LogP) is 4.16. The first-order valence-electron chi connectivity index (χ1n) is 6.99. The Bertz CT molecular complexity index is 751. The summed E-state index contributed by atoms with van der Waals surface area (Å²) in [6.45, 7) is 2.81. The first-order valence-corrected chi connectivity index (χ1v) is 6.99. The molecule has 21 heavy (non-hydrogen) atoms. The van der Waals surface area contributed by atoms with Gasteiger partial charge < -0.3 is 10.1 Å². The van der Waals surface area contributed by atoms with Crippen LogP contribution in [0.4, 0.5) is 5.69 Å². The second kappa shape index (κ2) is 5.83. The van der Waals surface area contributed by atoms with Crippen LogP contribution in [0.25, 0.3) is 10.9 Å². The normalized spacial score (nSPS) is 10.6. The number of hydrogen-bond donors (Lipinski definition) is 1. The van der Waals surface area contributed by atoms with Gasteiger partial charge in [0.25, 0.3) is 0 Å². The van der Waals surface area contributed by atoms with Crippen LogP contribution in [0.1, 0.15) is 11.3 Å². The Morgan fingerprint density at radius 3 is 2.57 bits per heavy atom. The average molecular weight is 278 g/mol. The van der Waals surface area contributed by atoms with E-state index in [0.29, 0.717) is 0 Å². The Morgan fingerprint density at radius 2 is 1.81 bits per heavy atom. The lowest BCUT2D eigenvalue weighted by Gasteiger charge is -2.11. The standard InChI is InChI=1S/C18H18N2O/c1-13-11-14(17-5-3-4-6-18(17)20-13)12-19-15-7-9-16(21-2)10-8-15/h3-11,19H,12H2,1-2H3. The molecule has 0 saturated heterocycles. The summed E-state index contributed by atoms with van der Waals surface area (Å²) in [6.07, 6.45) is 0. The fourth-order valence-electron chi connectivity index (χ4n) is 2.45. The van der Waals surface area contributed by atoms with Crippen molar-refractivity contribution in [2.75, 3.05) is 12.4 Å². The quantitative estimate of drug-likeness (QED) is 0.778. The molecule has 1 heterocycles. The van der Waals surface area contributed by atoms with Gasteiger partial charge in [0.05, 0.1) is 12.6 Å². The van der Waals surface area contributed by atoms with E-state index >= 15 is 0 Å². The molecule has 0 atom stereocenters. The number of rotatable bonds is 4. The van der Waals surface area contributed by atoms with Gasteiger partial charge in [0.1, 0.15) is 5.75 Å². The first kappa shape index (κ1) is 13.4. The number of aromatic nitrogens is 1. The zero-order chi connectivity index (χ0) is 14.7. The van der Waals surface area contributed by atoms with E-state index < -0.39 is 0 Å². The Hall–Kier alpha value is -2.55. The Kier molecular flexibility index (Phi) is 3.73. The molecule has 0 unspecified atom stereocenters. The van der Waals surface area contributed by atoms with Gasteiger partial charge in [0, 0.05) is 23.3 Å². The van der Waals surface area contributed by atoms with E-state index in [4.69, 9.17) is 4.74 Å². The van der Waals surface area contributed by atoms with Crippen LogP contribution >= 0.6 is 0 Å². The minimum atomic E-state index is 0.774. The summed E-state index contributed by atoms with van der Waals surface area (Å²) in [5, 5.41) is 4.65. The van der Waals surface area contributed by atoms with Crippen molar-refractivity contribution in [2.45, 2.75) is 13.5 Å². The number of fused-ring (bicyclic) bond motifs is 1. The molecule has 0 aliphatic rings. The fourth-order valence-corrected chi connectivity index (χ4v) is 2.45. The third-order valence-corrected chi connectivity index (χ3v) is 3.50. The Morgan fingerprint density at radius 1 is 1.05 bits per heavy atom. The van der Waals surface area contributed by atoms with E-state index in [1.807, 2.05) is 37.3 Å². The van der Waals surface area contributed by atoms with Crippen molar-refractivity contribution in [2.24, 2.45) is 0 Å². The third kappa shape index (κ3) is 2.97. The van der Waals surface area contributed by atoms with Crippen LogP contribution in [-0.2, 0) is 6.54 Å². The average Bonchev–Trinajstić information content (AvgIpc) is 2.53. The van der Waals surface area contributed by atoms with Crippen molar-refractivity contribution in [3.8, 4) is 5.75 Å². The zero-order valence-corrected chi connectivity index (χ0v) is 12.3. The van der Waals surface area contributed by atoms with Gasteiger partial charge in [-0.2, -0.15) is 0 Å². The summed E-state index contributed by atoms with van der Waals surface area (Å²) >= 11 is 0.